The molecule has 1 aliphatic rings. The van der Waals surface area contributed by atoms with Crippen molar-refractivity contribution >= 4 is 23.2 Å². The van der Waals surface area contributed by atoms with Gasteiger partial charge in [-0.15, -0.1) is 0 Å². The minimum atomic E-state index is -1.05. The van der Waals surface area contributed by atoms with Crippen molar-refractivity contribution in [2.75, 3.05) is 18.5 Å². The Morgan fingerprint density at radius 3 is 2.96 bits per heavy atom. The molecule has 0 unspecified atom stereocenters. The number of pyridine rings is 1. The summed E-state index contributed by atoms with van der Waals surface area (Å²) in [5.41, 5.74) is -0.257. The van der Waals surface area contributed by atoms with Gasteiger partial charge in [0.1, 0.15) is 18.2 Å². The van der Waals surface area contributed by atoms with Crippen LogP contribution in [0.5, 0.6) is 5.75 Å². The molecule has 0 aliphatic carbocycles. The number of amides is 1. The second kappa shape index (κ2) is 7.76. The first kappa shape index (κ1) is 17.6. The van der Waals surface area contributed by atoms with Gasteiger partial charge in [-0.05, 0) is 31.0 Å². The third-order valence-electron chi connectivity index (χ3n) is 3.66. The van der Waals surface area contributed by atoms with Crippen LogP contribution >= 0.6 is 11.6 Å². The Kier molecular flexibility index (Phi) is 5.45. The average Bonchev–Trinajstić information content (AvgIpc) is 3.07. The number of carbonyl (C=O) groups is 1. The van der Waals surface area contributed by atoms with Gasteiger partial charge in [0.05, 0.1) is 18.0 Å². The van der Waals surface area contributed by atoms with E-state index in [0.717, 1.165) is 19.0 Å². The summed E-state index contributed by atoms with van der Waals surface area (Å²) >= 11 is 5.95. The molecule has 1 amide bonds. The Morgan fingerprint density at radius 1 is 1.40 bits per heavy atom. The standard InChI is InChI=1S/C17H15ClF2N2O3/c18-10-3-4-15(25-9-12-2-1-5-24-12)14(6-10)22-17(23)16-13(20)7-11(19)8-21-16/h3-4,6-8,12H,1-2,5,9H2,(H,22,23)/t12-/m0/s1. The highest BCUT2D eigenvalue weighted by Crippen LogP contribution is 2.29. The Morgan fingerprint density at radius 2 is 2.24 bits per heavy atom. The van der Waals surface area contributed by atoms with Gasteiger partial charge in [0.15, 0.2) is 11.5 Å². The number of halogens is 3. The van der Waals surface area contributed by atoms with Crippen LogP contribution in [0.2, 0.25) is 5.02 Å². The van der Waals surface area contributed by atoms with Crippen LogP contribution in [-0.2, 0) is 4.74 Å². The summed E-state index contributed by atoms with van der Waals surface area (Å²) in [4.78, 5) is 15.7. The van der Waals surface area contributed by atoms with E-state index in [2.05, 4.69) is 10.3 Å². The zero-order chi connectivity index (χ0) is 17.8. The molecule has 5 nitrogen and oxygen atoms in total. The number of benzene rings is 1. The molecule has 1 fully saturated rings. The molecule has 2 heterocycles. The number of ether oxygens (including phenoxy) is 2. The normalized spacial score (nSPS) is 16.7. The minimum absolute atomic E-state index is 0.00422. The second-order valence-electron chi connectivity index (χ2n) is 5.52. The Labute approximate surface area is 147 Å². The lowest BCUT2D eigenvalue weighted by molar-refractivity contribution is 0.0682. The number of aromatic nitrogens is 1. The molecule has 1 atom stereocenters. The molecular formula is C17H15ClF2N2O3. The molecule has 1 aromatic carbocycles. The monoisotopic (exact) mass is 368 g/mol. The third-order valence-corrected chi connectivity index (χ3v) is 3.90. The van der Waals surface area contributed by atoms with Crippen LogP contribution in [0.1, 0.15) is 23.3 Å². The molecule has 3 rings (SSSR count). The highest BCUT2D eigenvalue weighted by molar-refractivity contribution is 6.31. The van der Waals surface area contributed by atoms with E-state index < -0.39 is 23.2 Å². The maximum atomic E-state index is 13.7. The number of anilines is 1. The number of nitrogens with zero attached hydrogens (tertiary/aromatic N) is 1. The topological polar surface area (TPSA) is 60.5 Å². The van der Waals surface area contributed by atoms with Crippen molar-refractivity contribution in [2.24, 2.45) is 0 Å². The first-order chi connectivity index (χ1) is 12.0. The fraction of sp³-hybridized carbons (Fsp3) is 0.294. The van der Waals surface area contributed by atoms with Gasteiger partial charge in [-0.2, -0.15) is 0 Å². The third kappa shape index (κ3) is 4.43. The maximum Gasteiger partial charge on any atom is 0.277 e. The van der Waals surface area contributed by atoms with Crippen LogP contribution in [0.15, 0.2) is 30.5 Å². The van der Waals surface area contributed by atoms with E-state index in [4.69, 9.17) is 21.1 Å². The summed E-state index contributed by atoms with van der Waals surface area (Å²) in [6.07, 6.45) is 2.65. The SMILES string of the molecule is O=C(Nc1cc(Cl)ccc1OC[C@@H]1CCCO1)c1ncc(F)cc1F. The van der Waals surface area contributed by atoms with Crippen molar-refractivity contribution in [3.63, 3.8) is 0 Å². The molecule has 8 heteroatoms. The Hall–Kier alpha value is -2.25. The summed E-state index contributed by atoms with van der Waals surface area (Å²) in [5.74, 6) is -2.38. The van der Waals surface area contributed by atoms with Gasteiger partial charge in [-0.1, -0.05) is 11.6 Å². The molecule has 0 bridgehead atoms. The van der Waals surface area contributed by atoms with Crippen LogP contribution in [0.3, 0.4) is 0 Å². The van der Waals surface area contributed by atoms with Crippen molar-refractivity contribution < 1.29 is 23.0 Å². The van der Waals surface area contributed by atoms with E-state index in [1.54, 1.807) is 12.1 Å². The quantitative estimate of drug-likeness (QED) is 0.871. The lowest BCUT2D eigenvalue weighted by atomic mass is 10.2. The molecule has 1 aromatic heterocycles. The smallest absolute Gasteiger partial charge is 0.277 e. The van der Waals surface area contributed by atoms with Gasteiger partial charge in [0.2, 0.25) is 0 Å². The van der Waals surface area contributed by atoms with Crippen LogP contribution in [0.25, 0.3) is 0 Å². The van der Waals surface area contributed by atoms with Crippen LogP contribution in [0.4, 0.5) is 14.5 Å². The summed E-state index contributed by atoms with van der Waals surface area (Å²) in [5, 5.41) is 2.86. The van der Waals surface area contributed by atoms with E-state index in [1.165, 1.54) is 6.07 Å². The molecule has 1 aliphatic heterocycles. The summed E-state index contributed by atoms with van der Waals surface area (Å²) in [6.45, 7) is 1.03. The van der Waals surface area contributed by atoms with E-state index in [-0.39, 0.29) is 11.8 Å². The fourth-order valence-electron chi connectivity index (χ4n) is 2.45. The lowest BCUT2D eigenvalue weighted by Crippen LogP contribution is -2.19. The van der Waals surface area contributed by atoms with Crippen molar-refractivity contribution in [1.82, 2.24) is 4.98 Å². The Balaban J connectivity index is 1.75. The van der Waals surface area contributed by atoms with E-state index >= 15 is 0 Å². The largest absolute Gasteiger partial charge is 0.489 e. The van der Waals surface area contributed by atoms with Gasteiger partial charge in [0.25, 0.3) is 5.91 Å². The van der Waals surface area contributed by atoms with E-state index in [1.807, 2.05) is 0 Å². The van der Waals surface area contributed by atoms with Gasteiger partial charge in [-0.25, -0.2) is 13.8 Å². The molecule has 25 heavy (non-hydrogen) atoms. The van der Waals surface area contributed by atoms with Crippen molar-refractivity contribution in [3.05, 3.63) is 52.8 Å². The maximum absolute atomic E-state index is 13.7. The molecule has 0 saturated carbocycles. The fourth-order valence-corrected chi connectivity index (χ4v) is 2.62. The zero-order valence-electron chi connectivity index (χ0n) is 13.1. The zero-order valence-corrected chi connectivity index (χ0v) is 13.9. The van der Waals surface area contributed by atoms with Crippen LogP contribution < -0.4 is 10.1 Å². The van der Waals surface area contributed by atoms with Gasteiger partial charge in [0, 0.05) is 17.7 Å². The van der Waals surface area contributed by atoms with Crippen molar-refractivity contribution in [1.29, 1.82) is 0 Å². The number of nitrogens with one attached hydrogen (secondary N) is 1. The second-order valence-corrected chi connectivity index (χ2v) is 5.96. The molecule has 0 radical (unpaired) electrons. The molecule has 1 N–H and O–H groups in total. The summed E-state index contributed by atoms with van der Waals surface area (Å²) in [7, 11) is 0. The first-order valence-corrected chi connectivity index (χ1v) is 8.07. The van der Waals surface area contributed by atoms with Crippen LogP contribution in [0, 0.1) is 11.6 Å². The summed E-state index contributed by atoms with van der Waals surface area (Å²) < 4.78 is 37.8. The highest BCUT2D eigenvalue weighted by atomic mass is 35.5. The highest BCUT2D eigenvalue weighted by Gasteiger charge is 2.19. The summed E-state index contributed by atoms with van der Waals surface area (Å²) in [6, 6.07) is 5.28. The molecule has 0 spiro atoms. The predicted octanol–water partition coefficient (Wildman–Crippen LogP) is 3.82. The number of hydrogen-bond donors (Lipinski definition) is 1. The van der Waals surface area contributed by atoms with Crippen molar-refractivity contribution in [2.45, 2.75) is 18.9 Å². The van der Waals surface area contributed by atoms with Crippen molar-refractivity contribution in [3.8, 4) is 5.75 Å². The molecule has 132 valence electrons. The number of carbonyl (C=O) groups excluding carboxylic acids is 1. The molecular weight excluding hydrogens is 354 g/mol. The van der Waals surface area contributed by atoms with E-state index in [9.17, 15) is 13.6 Å². The average molecular weight is 369 g/mol. The number of rotatable bonds is 5. The van der Waals surface area contributed by atoms with Gasteiger partial charge < -0.3 is 14.8 Å². The van der Waals surface area contributed by atoms with E-state index in [0.29, 0.717) is 30.1 Å². The Bertz CT molecular complexity index is 782. The van der Waals surface area contributed by atoms with Crippen LogP contribution in [-0.4, -0.2) is 30.2 Å². The minimum Gasteiger partial charge on any atom is -0.489 e. The first-order valence-electron chi connectivity index (χ1n) is 7.69. The molecule has 2 aromatic rings. The lowest BCUT2D eigenvalue weighted by Gasteiger charge is -2.15. The van der Waals surface area contributed by atoms with Gasteiger partial charge in [-0.3, -0.25) is 4.79 Å². The predicted molar refractivity (Wildman–Crippen MR) is 88.0 cm³/mol. The van der Waals surface area contributed by atoms with Gasteiger partial charge >= 0.3 is 0 Å². The molecule has 1 saturated heterocycles. The number of hydrogen-bond acceptors (Lipinski definition) is 4.